The molecule has 0 atom stereocenters. The minimum Gasteiger partial charge on any atom is -0.484 e. The summed E-state index contributed by atoms with van der Waals surface area (Å²) >= 11 is 7.35. The van der Waals surface area contributed by atoms with Crippen LogP contribution in [0, 0.1) is 0 Å². The maximum absolute atomic E-state index is 11.8. The molecule has 0 unspecified atom stereocenters. The first-order valence-electron chi connectivity index (χ1n) is 7.71. The lowest BCUT2D eigenvalue weighted by molar-refractivity contribution is -0.123. The molecule has 3 rings (SSSR count). The van der Waals surface area contributed by atoms with E-state index in [9.17, 15) is 4.79 Å². The third-order valence-corrected chi connectivity index (χ3v) is 4.49. The summed E-state index contributed by atoms with van der Waals surface area (Å²) in [6.07, 6.45) is 2.41. The molecule has 2 heterocycles. The van der Waals surface area contributed by atoms with Crippen LogP contribution in [0.4, 0.5) is 0 Å². The van der Waals surface area contributed by atoms with Gasteiger partial charge in [-0.05, 0) is 36.4 Å². The second kappa shape index (κ2) is 8.60. The SMILES string of the molecule is O=C(COc1ccc(Cl)cc1)NCCc1csc(-c2ccccn2)n1. The van der Waals surface area contributed by atoms with Crippen LogP contribution in [-0.2, 0) is 11.2 Å². The van der Waals surface area contributed by atoms with Gasteiger partial charge in [0.25, 0.3) is 5.91 Å². The first-order chi connectivity index (χ1) is 12.2. The van der Waals surface area contributed by atoms with E-state index >= 15 is 0 Å². The van der Waals surface area contributed by atoms with E-state index in [0.29, 0.717) is 23.7 Å². The van der Waals surface area contributed by atoms with Crippen LogP contribution in [0.1, 0.15) is 5.69 Å². The summed E-state index contributed by atoms with van der Waals surface area (Å²) in [6.45, 7) is 0.478. The van der Waals surface area contributed by atoms with Crippen molar-refractivity contribution in [3.63, 3.8) is 0 Å². The minimum atomic E-state index is -0.171. The molecule has 0 aliphatic carbocycles. The summed E-state index contributed by atoms with van der Waals surface area (Å²) in [6, 6.07) is 12.6. The Labute approximate surface area is 154 Å². The van der Waals surface area contributed by atoms with Crippen molar-refractivity contribution in [1.29, 1.82) is 0 Å². The molecule has 0 saturated carbocycles. The minimum absolute atomic E-state index is 0.0299. The van der Waals surface area contributed by atoms with Gasteiger partial charge in [-0.1, -0.05) is 17.7 Å². The Kier molecular flexibility index (Phi) is 5.98. The van der Waals surface area contributed by atoms with Crippen molar-refractivity contribution in [3.8, 4) is 16.5 Å². The smallest absolute Gasteiger partial charge is 0.257 e. The normalized spacial score (nSPS) is 10.4. The van der Waals surface area contributed by atoms with Crippen LogP contribution < -0.4 is 10.1 Å². The van der Waals surface area contributed by atoms with Crippen molar-refractivity contribution in [2.45, 2.75) is 6.42 Å². The van der Waals surface area contributed by atoms with Crippen LogP contribution in [0.5, 0.6) is 5.75 Å². The van der Waals surface area contributed by atoms with Gasteiger partial charge in [0.2, 0.25) is 0 Å². The first kappa shape index (κ1) is 17.4. The highest BCUT2D eigenvalue weighted by atomic mass is 35.5. The fourth-order valence-corrected chi connectivity index (χ4v) is 3.05. The number of amides is 1. The quantitative estimate of drug-likeness (QED) is 0.687. The molecule has 0 radical (unpaired) electrons. The third-order valence-electron chi connectivity index (χ3n) is 3.32. The molecule has 0 bridgehead atoms. The number of carbonyl (C=O) groups is 1. The van der Waals surface area contributed by atoms with Crippen LogP contribution in [0.25, 0.3) is 10.7 Å². The van der Waals surface area contributed by atoms with Gasteiger partial charge in [0, 0.05) is 29.6 Å². The molecule has 0 aliphatic rings. The van der Waals surface area contributed by atoms with Crippen molar-refractivity contribution >= 4 is 28.8 Å². The van der Waals surface area contributed by atoms with Gasteiger partial charge < -0.3 is 10.1 Å². The Morgan fingerprint density at radius 1 is 1.20 bits per heavy atom. The molecule has 0 spiro atoms. The zero-order chi connectivity index (χ0) is 17.5. The van der Waals surface area contributed by atoms with Crippen LogP contribution in [0.15, 0.2) is 54.0 Å². The van der Waals surface area contributed by atoms with E-state index in [0.717, 1.165) is 16.4 Å². The van der Waals surface area contributed by atoms with Crippen molar-refractivity contribution in [2.24, 2.45) is 0 Å². The van der Waals surface area contributed by atoms with E-state index in [-0.39, 0.29) is 12.5 Å². The number of thiazole rings is 1. The Morgan fingerprint density at radius 3 is 2.80 bits per heavy atom. The predicted octanol–water partition coefficient (Wildman–Crippen LogP) is 3.60. The van der Waals surface area contributed by atoms with E-state index in [2.05, 4.69) is 15.3 Å². The molecule has 0 aliphatic heterocycles. The van der Waals surface area contributed by atoms with Gasteiger partial charge >= 0.3 is 0 Å². The summed E-state index contributed by atoms with van der Waals surface area (Å²) in [5.41, 5.74) is 1.80. The number of rotatable bonds is 7. The molecular weight excluding hydrogens is 358 g/mol. The topological polar surface area (TPSA) is 64.1 Å². The summed E-state index contributed by atoms with van der Waals surface area (Å²) in [5, 5.41) is 6.32. The molecule has 7 heteroatoms. The van der Waals surface area contributed by atoms with Gasteiger partial charge in [-0.25, -0.2) is 4.98 Å². The molecule has 1 N–H and O–H groups in total. The van der Waals surface area contributed by atoms with Crippen LogP contribution in [0.2, 0.25) is 5.02 Å². The van der Waals surface area contributed by atoms with E-state index in [1.807, 2.05) is 23.6 Å². The lowest BCUT2D eigenvalue weighted by Crippen LogP contribution is -2.30. The highest BCUT2D eigenvalue weighted by molar-refractivity contribution is 7.13. The van der Waals surface area contributed by atoms with Crippen molar-refractivity contribution in [3.05, 3.63) is 64.8 Å². The average molecular weight is 374 g/mol. The summed E-state index contributed by atoms with van der Waals surface area (Å²) in [4.78, 5) is 20.6. The Hall–Kier alpha value is -2.44. The molecule has 1 amide bonds. The number of nitrogens with one attached hydrogen (secondary N) is 1. The summed E-state index contributed by atoms with van der Waals surface area (Å²) < 4.78 is 5.39. The van der Waals surface area contributed by atoms with Gasteiger partial charge in [0.15, 0.2) is 6.61 Å². The number of benzene rings is 1. The molecule has 2 aromatic heterocycles. The van der Waals surface area contributed by atoms with Gasteiger partial charge in [-0.2, -0.15) is 0 Å². The zero-order valence-electron chi connectivity index (χ0n) is 13.3. The third kappa shape index (κ3) is 5.27. The summed E-state index contributed by atoms with van der Waals surface area (Å²) in [5.74, 6) is 0.439. The van der Waals surface area contributed by atoms with E-state index < -0.39 is 0 Å². The molecule has 128 valence electrons. The number of halogens is 1. The number of nitrogens with zero attached hydrogens (tertiary/aromatic N) is 2. The number of aromatic nitrogens is 2. The second-order valence-electron chi connectivity index (χ2n) is 5.20. The maximum Gasteiger partial charge on any atom is 0.257 e. The van der Waals surface area contributed by atoms with Crippen LogP contribution >= 0.6 is 22.9 Å². The number of carbonyl (C=O) groups excluding carboxylic acids is 1. The van der Waals surface area contributed by atoms with Crippen molar-refractivity contribution in [2.75, 3.05) is 13.2 Å². The fraction of sp³-hybridized carbons (Fsp3) is 0.167. The van der Waals surface area contributed by atoms with Crippen LogP contribution in [-0.4, -0.2) is 29.0 Å². The van der Waals surface area contributed by atoms with Gasteiger partial charge in [0.1, 0.15) is 10.8 Å². The maximum atomic E-state index is 11.8. The molecule has 0 saturated heterocycles. The Balaban J connectivity index is 1.41. The number of hydrogen-bond acceptors (Lipinski definition) is 5. The van der Waals surface area contributed by atoms with Crippen molar-refractivity contribution < 1.29 is 9.53 Å². The number of ether oxygens (including phenoxy) is 1. The summed E-state index contributed by atoms with van der Waals surface area (Å²) in [7, 11) is 0. The van der Waals surface area contributed by atoms with Crippen LogP contribution in [0.3, 0.4) is 0 Å². The lowest BCUT2D eigenvalue weighted by Gasteiger charge is -2.07. The molecule has 25 heavy (non-hydrogen) atoms. The van der Waals surface area contributed by atoms with E-state index in [1.54, 1.807) is 41.8 Å². The van der Waals surface area contributed by atoms with Crippen molar-refractivity contribution in [1.82, 2.24) is 15.3 Å². The molecule has 3 aromatic rings. The zero-order valence-corrected chi connectivity index (χ0v) is 14.9. The highest BCUT2D eigenvalue weighted by Gasteiger charge is 2.07. The Bertz CT molecular complexity index is 822. The van der Waals surface area contributed by atoms with Gasteiger partial charge in [-0.15, -0.1) is 11.3 Å². The molecule has 5 nitrogen and oxygen atoms in total. The largest absolute Gasteiger partial charge is 0.484 e. The van der Waals surface area contributed by atoms with E-state index in [1.165, 1.54) is 0 Å². The second-order valence-corrected chi connectivity index (χ2v) is 6.50. The highest BCUT2D eigenvalue weighted by Crippen LogP contribution is 2.21. The Morgan fingerprint density at radius 2 is 2.04 bits per heavy atom. The monoisotopic (exact) mass is 373 g/mol. The number of hydrogen-bond donors (Lipinski definition) is 1. The van der Waals surface area contributed by atoms with E-state index in [4.69, 9.17) is 16.3 Å². The standard InChI is InChI=1S/C18H16ClN3O2S/c19-13-4-6-15(7-5-13)24-11-17(23)21-10-8-14-12-25-18(22-14)16-3-1-2-9-20-16/h1-7,9,12H,8,10-11H2,(H,21,23). The first-order valence-corrected chi connectivity index (χ1v) is 8.97. The lowest BCUT2D eigenvalue weighted by atomic mass is 10.3. The number of pyridine rings is 1. The molecular formula is C18H16ClN3O2S. The predicted molar refractivity (Wildman–Crippen MR) is 99.0 cm³/mol. The fourth-order valence-electron chi connectivity index (χ4n) is 2.09. The van der Waals surface area contributed by atoms with Gasteiger partial charge in [-0.3, -0.25) is 9.78 Å². The average Bonchev–Trinajstić information content (AvgIpc) is 3.11. The molecule has 0 fully saturated rings. The molecule has 1 aromatic carbocycles. The van der Waals surface area contributed by atoms with Gasteiger partial charge in [0.05, 0.1) is 11.4 Å².